The van der Waals surface area contributed by atoms with Crippen molar-refractivity contribution in [1.29, 1.82) is 0 Å². The van der Waals surface area contributed by atoms with E-state index < -0.39 is 35.5 Å². The molecule has 4 amide bonds. The van der Waals surface area contributed by atoms with E-state index in [2.05, 4.69) is 0 Å². The lowest BCUT2D eigenvalue weighted by atomic mass is 10.1. The number of rotatable bonds is 3. The fraction of sp³-hybridized carbons (Fsp3) is 0.118. The molecular weight excluding hydrogens is 370 g/mol. The number of carbonyl (C=O) groups excluding carboxylic acids is 3. The normalized spacial score (nSPS) is 19.8. The molecule has 2 N–H and O–H groups in total. The zero-order valence-corrected chi connectivity index (χ0v) is 13.4. The summed E-state index contributed by atoms with van der Waals surface area (Å²) in [6, 6.07) is 9.20. The molecule has 0 aliphatic carbocycles. The van der Waals surface area contributed by atoms with Crippen molar-refractivity contribution in [3.05, 3.63) is 66.0 Å². The van der Waals surface area contributed by atoms with E-state index >= 15 is 0 Å². The molecule has 1 aliphatic heterocycles. The summed E-state index contributed by atoms with van der Waals surface area (Å²) in [7, 11) is 0. The number of carbonyl (C=O) groups is 3. The zero-order valence-electron chi connectivity index (χ0n) is 13.4. The molecule has 1 saturated heterocycles. The summed E-state index contributed by atoms with van der Waals surface area (Å²) in [5.74, 6) is -3.66. The second-order valence-corrected chi connectivity index (χ2v) is 5.62. The molecule has 1 atom stereocenters. The van der Waals surface area contributed by atoms with E-state index in [1.165, 1.54) is 29.6 Å². The second-order valence-electron chi connectivity index (χ2n) is 5.62. The average molecular weight is 381 g/mol. The average Bonchev–Trinajstić information content (AvgIpc) is 2.87. The predicted molar refractivity (Wildman–Crippen MR) is 85.1 cm³/mol. The minimum absolute atomic E-state index is 0.136. The molecule has 2 aromatic carbocycles. The van der Waals surface area contributed by atoms with Crippen LogP contribution in [0, 0.1) is 5.82 Å². The van der Waals surface area contributed by atoms with Crippen LogP contribution in [0.4, 0.5) is 28.0 Å². The van der Waals surface area contributed by atoms with E-state index in [1.807, 2.05) is 0 Å². The SMILES string of the molecule is O=C(NC1(C(F)(F)F)NC(=O)N(c2ccc(F)cc2)C1=O)c1ccccc1. The molecule has 27 heavy (non-hydrogen) atoms. The molecule has 1 heterocycles. The van der Waals surface area contributed by atoms with Crippen molar-refractivity contribution in [3.63, 3.8) is 0 Å². The van der Waals surface area contributed by atoms with Gasteiger partial charge in [-0.25, -0.2) is 14.1 Å². The third-order valence-electron chi connectivity index (χ3n) is 3.87. The number of amides is 4. The highest BCUT2D eigenvalue weighted by Crippen LogP contribution is 2.36. The van der Waals surface area contributed by atoms with Crippen molar-refractivity contribution in [2.75, 3.05) is 4.90 Å². The summed E-state index contributed by atoms with van der Waals surface area (Å²) < 4.78 is 54.2. The van der Waals surface area contributed by atoms with E-state index in [1.54, 1.807) is 11.4 Å². The largest absolute Gasteiger partial charge is 0.440 e. The topological polar surface area (TPSA) is 78.5 Å². The molecule has 0 saturated carbocycles. The van der Waals surface area contributed by atoms with Gasteiger partial charge in [0, 0.05) is 5.56 Å². The third-order valence-corrected chi connectivity index (χ3v) is 3.87. The molecule has 140 valence electrons. The van der Waals surface area contributed by atoms with E-state index in [9.17, 15) is 31.9 Å². The highest BCUT2D eigenvalue weighted by Gasteiger charge is 2.69. The summed E-state index contributed by atoms with van der Waals surface area (Å²) in [6.07, 6.45) is -5.33. The van der Waals surface area contributed by atoms with Crippen LogP contribution in [0.2, 0.25) is 0 Å². The van der Waals surface area contributed by atoms with Crippen LogP contribution in [0.25, 0.3) is 0 Å². The number of anilines is 1. The van der Waals surface area contributed by atoms with Gasteiger partial charge in [0.1, 0.15) is 5.82 Å². The Balaban J connectivity index is 2.00. The molecule has 1 unspecified atom stereocenters. The van der Waals surface area contributed by atoms with E-state index in [0.717, 1.165) is 24.3 Å². The van der Waals surface area contributed by atoms with Crippen molar-refractivity contribution in [2.45, 2.75) is 11.8 Å². The molecule has 6 nitrogen and oxygen atoms in total. The van der Waals surface area contributed by atoms with Gasteiger partial charge in [-0.15, -0.1) is 0 Å². The van der Waals surface area contributed by atoms with Crippen molar-refractivity contribution >= 4 is 23.5 Å². The Morgan fingerprint density at radius 1 is 1.00 bits per heavy atom. The van der Waals surface area contributed by atoms with E-state index in [-0.39, 0.29) is 16.2 Å². The van der Waals surface area contributed by atoms with Crippen LogP contribution in [-0.4, -0.2) is 29.7 Å². The number of nitrogens with zero attached hydrogens (tertiary/aromatic N) is 1. The van der Waals surface area contributed by atoms with Crippen LogP contribution < -0.4 is 15.5 Å². The van der Waals surface area contributed by atoms with Gasteiger partial charge in [0.05, 0.1) is 5.69 Å². The van der Waals surface area contributed by atoms with Gasteiger partial charge in [0.25, 0.3) is 17.5 Å². The van der Waals surface area contributed by atoms with E-state index in [4.69, 9.17) is 0 Å². The number of alkyl halides is 3. The monoisotopic (exact) mass is 381 g/mol. The van der Waals surface area contributed by atoms with Gasteiger partial charge in [-0.3, -0.25) is 14.9 Å². The maximum atomic E-state index is 13.7. The Labute approximate surface area is 149 Å². The van der Waals surface area contributed by atoms with Crippen LogP contribution in [0.3, 0.4) is 0 Å². The van der Waals surface area contributed by atoms with Gasteiger partial charge < -0.3 is 5.32 Å². The molecule has 0 radical (unpaired) electrons. The van der Waals surface area contributed by atoms with Crippen molar-refractivity contribution in [1.82, 2.24) is 10.6 Å². The summed E-state index contributed by atoms with van der Waals surface area (Å²) in [5.41, 5.74) is -4.06. The van der Waals surface area contributed by atoms with Gasteiger partial charge in [-0.05, 0) is 36.4 Å². The highest BCUT2D eigenvalue weighted by molar-refractivity contribution is 6.24. The minimum atomic E-state index is -5.33. The van der Waals surface area contributed by atoms with Crippen molar-refractivity contribution in [2.24, 2.45) is 0 Å². The number of nitrogens with one attached hydrogen (secondary N) is 2. The van der Waals surface area contributed by atoms with Gasteiger partial charge in [0.2, 0.25) is 0 Å². The molecule has 1 aliphatic rings. The number of hydrogen-bond acceptors (Lipinski definition) is 3. The Hall–Kier alpha value is -3.43. The van der Waals surface area contributed by atoms with Crippen LogP contribution in [0.1, 0.15) is 10.4 Å². The number of imide groups is 1. The van der Waals surface area contributed by atoms with Crippen molar-refractivity contribution in [3.8, 4) is 0 Å². The maximum Gasteiger partial charge on any atom is 0.440 e. The molecule has 3 rings (SSSR count). The lowest BCUT2D eigenvalue weighted by Gasteiger charge is -2.29. The standard InChI is InChI=1S/C17H11F4N3O3/c18-11-6-8-12(9-7-11)24-14(26)16(17(19,20)21,23-15(24)27)22-13(25)10-4-2-1-3-5-10/h1-9H,(H,22,25)(H,23,27). The molecule has 0 bridgehead atoms. The predicted octanol–water partition coefficient (Wildman–Crippen LogP) is 2.57. The number of benzene rings is 2. The summed E-state index contributed by atoms with van der Waals surface area (Å²) in [4.78, 5) is 37.1. The van der Waals surface area contributed by atoms with E-state index in [0.29, 0.717) is 0 Å². The maximum absolute atomic E-state index is 13.7. The first-order chi connectivity index (χ1) is 12.7. The first-order valence-electron chi connectivity index (χ1n) is 7.52. The van der Waals surface area contributed by atoms with Gasteiger partial charge in [0.15, 0.2) is 0 Å². The second kappa shape index (κ2) is 6.38. The summed E-state index contributed by atoms with van der Waals surface area (Å²) >= 11 is 0. The molecule has 2 aromatic rings. The Morgan fingerprint density at radius 3 is 2.15 bits per heavy atom. The first-order valence-corrected chi connectivity index (χ1v) is 7.52. The zero-order chi connectivity index (χ0) is 19.8. The van der Waals surface area contributed by atoms with Gasteiger partial charge >= 0.3 is 12.2 Å². The molecule has 1 fully saturated rings. The van der Waals surface area contributed by atoms with Gasteiger partial charge in [-0.2, -0.15) is 13.2 Å². The fourth-order valence-electron chi connectivity index (χ4n) is 2.53. The van der Waals surface area contributed by atoms with Crippen LogP contribution >= 0.6 is 0 Å². The first kappa shape index (κ1) is 18.4. The number of halogens is 4. The highest BCUT2D eigenvalue weighted by atomic mass is 19.4. The van der Waals surface area contributed by atoms with Crippen LogP contribution in [0.5, 0.6) is 0 Å². The lowest BCUT2D eigenvalue weighted by molar-refractivity contribution is -0.197. The smallest absolute Gasteiger partial charge is 0.314 e. The molecule has 0 aromatic heterocycles. The van der Waals surface area contributed by atoms with Crippen molar-refractivity contribution < 1.29 is 31.9 Å². The van der Waals surface area contributed by atoms with Crippen LogP contribution in [0.15, 0.2) is 54.6 Å². The quantitative estimate of drug-likeness (QED) is 0.634. The molecular formula is C17H11F4N3O3. The van der Waals surface area contributed by atoms with Crippen LogP contribution in [-0.2, 0) is 4.79 Å². The Morgan fingerprint density at radius 2 is 1.59 bits per heavy atom. The lowest BCUT2D eigenvalue weighted by Crippen LogP contribution is -2.69. The molecule has 10 heteroatoms. The fourth-order valence-corrected chi connectivity index (χ4v) is 2.53. The van der Waals surface area contributed by atoms with Gasteiger partial charge in [-0.1, -0.05) is 18.2 Å². The number of urea groups is 1. The Kier molecular flexibility index (Phi) is 4.34. The minimum Gasteiger partial charge on any atom is -0.314 e. The third kappa shape index (κ3) is 3.09. The molecule has 0 spiro atoms. The Bertz CT molecular complexity index is 900. The summed E-state index contributed by atoms with van der Waals surface area (Å²) in [5, 5.41) is 3.09. The summed E-state index contributed by atoms with van der Waals surface area (Å²) in [6.45, 7) is 0. The number of hydrogen-bond donors (Lipinski definition) is 2.